The molecule has 0 atom stereocenters. The van der Waals surface area contributed by atoms with E-state index < -0.39 is 0 Å². The van der Waals surface area contributed by atoms with E-state index in [1.165, 1.54) is 0 Å². The first-order valence-corrected chi connectivity index (χ1v) is 7.72. The molecule has 0 heterocycles. The summed E-state index contributed by atoms with van der Waals surface area (Å²) in [6.45, 7) is 7.69. The quantitative estimate of drug-likeness (QED) is 0.465. The van der Waals surface area contributed by atoms with Gasteiger partial charge < -0.3 is 10.1 Å². The zero-order valence-electron chi connectivity index (χ0n) is 11.9. The van der Waals surface area contributed by atoms with Gasteiger partial charge in [0.25, 0.3) is 0 Å². The van der Waals surface area contributed by atoms with Crippen LogP contribution in [0.1, 0.15) is 26.3 Å². The van der Waals surface area contributed by atoms with Crippen LogP contribution in [0.5, 0.6) is 5.75 Å². The third-order valence-electron chi connectivity index (χ3n) is 2.25. The minimum Gasteiger partial charge on any atom is -0.492 e. The van der Waals surface area contributed by atoms with Crippen LogP contribution in [-0.2, 0) is 0 Å². The molecule has 20 heavy (non-hydrogen) atoms. The average Bonchev–Trinajstić information content (AvgIpc) is 2.38. The maximum absolute atomic E-state index is 5.69. The first-order valence-electron chi connectivity index (χ1n) is 6.52. The van der Waals surface area contributed by atoms with Gasteiger partial charge in [-0.2, -0.15) is 5.10 Å². The van der Waals surface area contributed by atoms with E-state index in [4.69, 9.17) is 17.0 Å². The van der Waals surface area contributed by atoms with Crippen LogP contribution < -0.4 is 15.5 Å². The Bertz CT molecular complexity index is 477. The molecule has 0 fully saturated rings. The monoisotopic (exact) mass is 357 g/mol. The molecule has 110 valence electrons. The SMILES string of the molecule is CCNC(=S)N/N=C\c1ccc(OCC(C)C)c(Br)c1. The van der Waals surface area contributed by atoms with Gasteiger partial charge in [-0.3, -0.25) is 5.43 Å². The standard InChI is InChI=1S/C14H20BrN3OS/c1-4-16-14(20)18-17-8-11-5-6-13(12(15)7-11)19-9-10(2)3/h5-8,10H,4,9H2,1-3H3,(H2,16,18,20)/b17-8-. The van der Waals surface area contributed by atoms with E-state index >= 15 is 0 Å². The largest absolute Gasteiger partial charge is 0.492 e. The molecule has 0 spiro atoms. The number of benzene rings is 1. The van der Waals surface area contributed by atoms with Crippen molar-refractivity contribution in [1.29, 1.82) is 0 Å². The van der Waals surface area contributed by atoms with Crippen LogP contribution in [0, 0.1) is 5.92 Å². The number of halogens is 1. The fourth-order valence-electron chi connectivity index (χ4n) is 1.34. The molecule has 0 radical (unpaired) electrons. The van der Waals surface area contributed by atoms with Crippen LogP contribution in [0.3, 0.4) is 0 Å². The highest BCUT2D eigenvalue weighted by atomic mass is 79.9. The molecule has 0 aliphatic heterocycles. The van der Waals surface area contributed by atoms with Crippen LogP contribution in [0.2, 0.25) is 0 Å². The van der Waals surface area contributed by atoms with Crippen molar-refractivity contribution in [3.05, 3.63) is 28.2 Å². The molecule has 0 unspecified atom stereocenters. The Balaban J connectivity index is 2.58. The Hall–Kier alpha value is -1.14. The highest BCUT2D eigenvalue weighted by Gasteiger charge is 2.03. The summed E-state index contributed by atoms with van der Waals surface area (Å²) in [7, 11) is 0. The molecule has 1 aromatic carbocycles. The van der Waals surface area contributed by atoms with Gasteiger partial charge in [0.05, 0.1) is 17.3 Å². The van der Waals surface area contributed by atoms with E-state index in [-0.39, 0.29) is 0 Å². The predicted molar refractivity (Wildman–Crippen MR) is 91.5 cm³/mol. The number of hydrazone groups is 1. The summed E-state index contributed by atoms with van der Waals surface area (Å²) < 4.78 is 6.60. The number of ether oxygens (including phenoxy) is 1. The fraction of sp³-hybridized carbons (Fsp3) is 0.429. The summed E-state index contributed by atoms with van der Waals surface area (Å²) in [5, 5.41) is 7.54. The summed E-state index contributed by atoms with van der Waals surface area (Å²) in [5.41, 5.74) is 3.71. The minimum absolute atomic E-state index is 0.499. The average molecular weight is 358 g/mol. The molecular weight excluding hydrogens is 338 g/mol. The van der Waals surface area contributed by atoms with Gasteiger partial charge in [-0.25, -0.2) is 0 Å². The van der Waals surface area contributed by atoms with Crippen molar-refractivity contribution in [1.82, 2.24) is 10.7 Å². The molecule has 0 bridgehead atoms. The van der Waals surface area contributed by atoms with Crippen molar-refractivity contribution in [2.24, 2.45) is 11.0 Å². The van der Waals surface area contributed by atoms with Crippen LogP contribution in [-0.4, -0.2) is 24.5 Å². The molecule has 2 N–H and O–H groups in total. The zero-order chi connectivity index (χ0) is 15.0. The lowest BCUT2D eigenvalue weighted by molar-refractivity contribution is 0.269. The van der Waals surface area contributed by atoms with Gasteiger partial charge in [0.15, 0.2) is 5.11 Å². The smallest absolute Gasteiger partial charge is 0.186 e. The molecule has 1 aromatic rings. The fourth-order valence-corrected chi connectivity index (χ4v) is 2.04. The van der Waals surface area contributed by atoms with E-state index in [2.05, 4.69) is 45.6 Å². The van der Waals surface area contributed by atoms with Gasteiger partial charge in [0.1, 0.15) is 5.75 Å². The van der Waals surface area contributed by atoms with Crippen molar-refractivity contribution >= 4 is 39.5 Å². The Labute approximate surface area is 134 Å². The molecule has 0 aliphatic rings. The Morgan fingerprint density at radius 1 is 1.50 bits per heavy atom. The number of hydrogen-bond donors (Lipinski definition) is 2. The normalized spacial score (nSPS) is 10.8. The maximum Gasteiger partial charge on any atom is 0.186 e. The third kappa shape index (κ3) is 6.34. The molecule has 0 aliphatic carbocycles. The van der Waals surface area contributed by atoms with Crippen LogP contribution in [0.15, 0.2) is 27.8 Å². The summed E-state index contributed by atoms with van der Waals surface area (Å²) >= 11 is 8.51. The lowest BCUT2D eigenvalue weighted by Crippen LogP contribution is -2.31. The van der Waals surface area contributed by atoms with E-state index in [0.717, 1.165) is 22.3 Å². The van der Waals surface area contributed by atoms with E-state index in [0.29, 0.717) is 17.6 Å². The second-order valence-corrected chi connectivity index (χ2v) is 5.89. The molecule has 0 saturated carbocycles. The van der Waals surface area contributed by atoms with Gasteiger partial charge in [0.2, 0.25) is 0 Å². The van der Waals surface area contributed by atoms with Gasteiger partial charge in [-0.15, -0.1) is 0 Å². The van der Waals surface area contributed by atoms with Crippen LogP contribution >= 0.6 is 28.1 Å². The molecule has 0 amide bonds. The predicted octanol–water partition coefficient (Wildman–Crippen LogP) is 3.30. The number of rotatable bonds is 6. The lowest BCUT2D eigenvalue weighted by Gasteiger charge is -2.10. The summed E-state index contributed by atoms with van der Waals surface area (Å²) in [4.78, 5) is 0. The van der Waals surface area contributed by atoms with Crippen molar-refractivity contribution in [3.63, 3.8) is 0 Å². The van der Waals surface area contributed by atoms with Crippen molar-refractivity contribution in [3.8, 4) is 5.75 Å². The Morgan fingerprint density at radius 3 is 2.85 bits per heavy atom. The van der Waals surface area contributed by atoms with Gasteiger partial charge in [-0.05, 0) is 64.8 Å². The van der Waals surface area contributed by atoms with Gasteiger partial charge in [-0.1, -0.05) is 13.8 Å². The van der Waals surface area contributed by atoms with E-state index in [1.807, 2.05) is 25.1 Å². The van der Waals surface area contributed by atoms with Crippen LogP contribution in [0.25, 0.3) is 0 Å². The summed E-state index contributed by atoms with van der Waals surface area (Å²) in [6, 6.07) is 5.83. The maximum atomic E-state index is 5.69. The summed E-state index contributed by atoms with van der Waals surface area (Å²) in [6.07, 6.45) is 1.71. The van der Waals surface area contributed by atoms with Crippen LogP contribution in [0.4, 0.5) is 0 Å². The van der Waals surface area contributed by atoms with Crippen molar-refractivity contribution in [2.45, 2.75) is 20.8 Å². The van der Waals surface area contributed by atoms with Crippen molar-refractivity contribution < 1.29 is 4.74 Å². The number of hydrogen-bond acceptors (Lipinski definition) is 3. The molecular formula is C14H20BrN3OS. The molecule has 4 nitrogen and oxygen atoms in total. The number of nitrogens with zero attached hydrogens (tertiary/aromatic N) is 1. The number of nitrogens with one attached hydrogen (secondary N) is 2. The second kappa shape index (κ2) is 8.92. The topological polar surface area (TPSA) is 45.7 Å². The van der Waals surface area contributed by atoms with Crippen molar-refractivity contribution in [2.75, 3.05) is 13.2 Å². The van der Waals surface area contributed by atoms with Gasteiger partial charge in [0, 0.05) is 6.54 Å². The second-order valence-electron chi connectivity index (χ2n) is 4.62. The highest BCUT2D eigenvalue weighted by molar-refractivity contribution is 9.10. The van der Waals surface area contributed by atoms with Gasteiger partial charge >= 0.3 is 0 Å². The lowest BCUT2D eigenvalue weighted by atomic mass is 10.2. The molecule has 0 aromatic heterocycles. The third-order valence-corrected chi connectivity index (χ3v) is 3.10. The Kier molecular flexibility index (Phi) is 7.54. The highest BCUT2D eigenvalue weighted by Crippen LogP contribution is 2.25. The minimum atomic E-state index is 0.499. The molecule has 1 rings (SSSR count). The first-order chi connectivity index (χ1) is 9.52. The Morgan fingerprint density at radius 2 is 2.25 bits per heavy atom. The van der Waals surface area contributed by atoms with E-state index in [9.17, 15) is 0 Å². The molecule has 0 saturated heterocycles. The molecule has 6 heteroatoms. The summed E-state index contributed by atoms with van der Waals surface area (Å²) in [5.74, 6) is 1.34. The zero-order valence-corrected chi connectivity index (χ0v) is 14.3. The van der Waals surface area contributed by atoms with E-state index in [1.54, 1.807) is 6.21 Å². The first kappa shape index (κ1) is 16.9. The number of thiocarbonyl (C=S) groups is 1.